The lowest BCUT2D eigenvalue weighted by Crippen LogP contribution is -2.34. The number of carbonyl (C=O) groups excluding carboxylic acids is 1. The zero-order chi connectivity index (χ0) is 18.1. The van der Waals surface area contributed by atoms with E-state index in [-0.39, 0.29) is 11.9 Å². The van der Waals surface area contributed by atoms with Crippen molar-refractivity contribution in [1.82, 2.24) is 25.1 Å². The van der Waals surface area contributed by atoms with Gasteiger partial charge in [-0.3, -0.25) is 4.79 Å². The van der Waals surface area contributed by atoms with E-state index in [9.17, 15) is 4.79 Å². The summed E-state index contributed by atoms with van der Waals surface area (Å²) in [5.74, 6) is 1.51. The van der Waals surface area contributed by atoms with Crippen molar-refractivity contribution in [3.8, 4) is 5.82 Å². The van der Waals surface area contributed by atoms with Crippen LogP contribution in [0.25, 0.3) is 5.82 Å². The Morgan fingerprint density at radius 1 is 1.31 bits per heavy atom. The van der Waals surface area contributed by atoms with Crippen LogP contribution < -0.4 is 5.32 Å². The van der Waals surface area contributed by atoms with Crippen molar-refractivity contribution in [2.24, 2.45) is 5.92 Å². The lowest BCUT2D eigenvalue weighted by Gasteiger charge is -2.14. The molecular formula is C20H21N5O. The molecule has 0 radical (unpaired) electrons. The molecule has 3 atom stereocenters. The largest absolute Gasteiger partial charge is 0.349 e. The van der Waals surface area contributed by atoms with E-state index in [0.29, 0.717) is 23.2 Å². The van der Waals surface area contributed by atoms with Crippen LogP contribution in [0.15, 0.2) is 55.2 Å². The number of pyridine rings is 1. The second-order valence-corrected chi connectivity index (χ2v) is 6.93. The first-order chi connectivity index (χ1) is 12.6. The number of rotatable bonds is 5. The Kier molecular flexibility index (Phi) is 4.24. The highest BCUT2D eigenvalue weighted by Crippen LogP contribution is 2.49. The SMILES string of the molecule is Cc1cccc([C@@H]2C[C@@H]2[C@H](C)NC(=O)c2ccnc(-n3cncn3)c2)c1. The number of carbonyl (C=O) groups is 1. The molecule has 132 valence electrons. The molecule has 1 saturated carbocycles. The fraction of sp³-hybridized carbons (Fsp3) is 0.300. The van der Waals surface area contributed by atoms with Gasteiger partial charge in [-0.05, 0) is 49.8 Å². The minimum atomic E-state index is -0.0869. The third-order valence-electron chi connectivity index (χ3n) is 4.97. The molecule has 0 spiro atoms. The van der Waals surface area contributed by atoms with E-state index in [2.05, 4.69) is 58.5 Å². The maximum absolute atomic E-state index is 12.6. The van der Waals surface area contributed by atoms with Gasteiger partial charge in [-0.1, -0.05) is 29.8 Å². The number of aromatic nitrogens is 4. The minimum absolute atomic E-state index is 0.0869. The zero-order valence-electron chi connectivity index (χ0n) is 14.8. The van der Waals surface area contributed by atoms with Crippen molar-refractivity contribution in [2.75, 3.05) is 0 Å². The van der Waals surface area contributed by atoms with E-state index in [1.807, 2.05) is 0 Å². The van der Waals surface area contributed by atoms with Gasteiger partial charge >= 0.3 is 0 Å². The van der Waals surface area contributed by atoms with Gasteiger partial charge in [-0.15, -0.1) is 0 Å². The maximum atomic E-state index is 12.6. The minimum Gasteiger partial charge on any atom is -0.349 e. The average molecular weight is 347 g/mol. The van der Waals surface area contributed by atoms with Gasteiger partial charge in [0.05, 0.1) is 0 Å². The number of hydrogen-bond donors (Lipinski definition) is 1. The maximum Gasteiger partial charge on any atom is 0.251 e. The summed E-state index contributed by atoms with van der Waals surface area (Å²) >= 11 is 0. The van der Waals surface area contributed by atoms with Crippen molar-refractivity contribution < 1.29 is 4.79 Å². The Labute approximate surface area is 152 Å². The van der Waals surface area contributed by atoms with E-state index >= 15 is 0 Å². The zero-order valence-corrected chi connectivity index (χ0v) is 14.8. The van der Waals surface area contributed by atoms with E-state index in [0.717, 1.165) is 6.42 Å². The summed E-state index contributed by atoms with van der Waals surface area (Å²) in [7, 11) is 0. The highest BCUT2D eigenvalue weighted by Gasteiger charge is 2.42. The van der Waals surface area contributed by atoms with Crippen LogP contribution in [0.3, 0.4) is 0 Å². The number of nitrogens with one attached hydrogen (secondary N) is 1. The molecule has 1 aromatic carbocycles. The molecule has 1 N–H and O–H groups in total. The lowest BCUT2D eigenvalue weighted by atomic mass is 10.0. The summed E-state index contributed by atoms with van der Waals surface area (Å²) < 4.78 is 1.54. The summed E-state index contributed by atoms with van der Waals surface area (Å²) in [4.78, 5) is 20.8. The van der Waals surface area contributed by atoms with Crippen molar-refractivity contribution in [1.29, 1.82) is 0 Å². The Bertz CT molecular complexity index is 921. The second-order valence-electron chi connectivity index (χ2n) is 6.93. The molecular weight excluding hydrogens is 326 g/mol. The fourth-order valence-electron chi connectivity index (χ4n) is 3.46. The van der Waals surface area contributed by atoms with Gasteiger partial charge in [-0.2, -0.15) is 5.10 Å². The first kappa shape index (κ1) is 16.4. The van der Waals surface area contributed by atoms with Crippen molar-refractivity contribution in [3.05, 3.63) is 71.9 Å². The summed E-state index contributed by atoms with van der Waals surface area (Å²) in [5, 5.41) is 7.18. The summed E-state index contributed by atoms with van der Waals surface area (Å²) in [6.45, 7) is 4.19. The summed E-state index contributed by atoms with van der Waals surface area (Å²) in [6, 6.07) is 12.2. The van der Waals surface area contributed by atoms with Crippen LogP contribution in [0.2, 0.25) is 0 Å². The monoisotopic (exact) mass is 347 g/mol. The van der Waals surface area contributed by atoms with Gasteiger partial charge in [0.15, 0.2) is 5.82 Å². The first-order valence-electron chi connectivity index (χ1n) is 8.80. The van der Waals surface area contributed by atoms with Gasteiger partial charge in [0.1, 0.15) is 12.7 Å². The topological polar surface area (TPSA) is 72.7 Å². The fourth-order valence-corrected chi connectivity index (χ4v) is 3.46. The molecule has 0 unspecified atom stereocenters. The third-order valence-corrected chi connectivity index (χ3v) is 4.97. The number of amides is 1. The molecule has 6 heteroatoms. The molecule has 4 rings (SSSR count). The van der Waals surface area contributed by atoms with Gasteiger partial charge in [0.25, 0.3) is 5.91 Å². The van der Waals surface area contributed by atoms with E-state index in [1.54, 1.807) is 24.7 Å². The number of hydrogen-bond acceptors (Lipinski definition) is 4. The van der Waals surface area contributed by atoms with Crippen molar-refractivity contribution in [2.45, 2.75) is 32.2 Å². The predicted octanol–water partition coefficient (Wildman–Crippen LogP) is 2.89. The molecule has 1 aliphatic rings. The molecule has 2 aromatic heterocycles. The number of nitrogens with zero attached hydrogens (tertiary/aromatic N) is 4. The van der Waals surface area contributed by atoms with Crippen molar-refractivity contribution >= 4 is 5.91 Å². The highest BCUT2D eigenvalue weighted by molar-refractivity contribution is 5.94. The Morgan fingerprint density at radius 3 is 2.96 bits per heavy atom. The smallest absolute Gasteiger partial charge is 0.251 e. The molecule has 3 aromatic rings. The predicted molar refractivity (Wildman–Crippen MR) is 98.1 cm³/mol. The molecule has 26 heavy (non-hydrogen) atoms. The van der Waals surface area contributed by atoms with Crippen LogP contribution in [0.4, 0.5) is 0 Å². The summed E-state index contributed by atoms with van der Waals surface area (Å²) in [6.07, 6.45) is 5.73. The van der Waals surface area contributed by atoms with Crippen LogP contribution in [0.5, 0.6) is 0 Å². The Hall–Kier alpha value is -3.02. The average Bonchev–Trinajstić information content (AvgIpc) is 3.27. The number of aryl methyl sites for hydroxylation is 1. The van der Waals surface area contributed by atoms with Gasteiger partial charge in [0, 0.05) is 17.8 Å². The Balaban J connectivity index is 1.42. The lowest BCUT2D eigenvalue weighted by molar-refractivity contribution is 0.0935. The van der Waals surface area contributed by atoms with Crippen LogP contribution >= 0.6 is 0 Å². The molecule has 0 saturated heterocycles. The molecule has 0 bridgehead atoms. The van der Waals surface area contributed by atoms with E-state index in [1.165, 1.54) is 22.1 Å². The first-order valence-corrected chi connectivity index (χ1v) is 8.80. The van der Waals surface area contributed by atoms with Gasteiger partial charge in [-0.25, -0.2) is 14.6 Å². The third kappa shape index (κ3) is 3.35. The van der Waals surface area contributed by atoms with Crippen LogP contribution in [-0.4, -0.2) is 31.7 Å². The molecule has 0 aliphatic heterocycles. The second kappa shape index (κ2) is 6.71. The van der Waals surface area contributed by atoms with Crippen LogP contribution in [0.1, 0.15) is 40.7 Å². The van der Waals surface area contributed by atoms with Crippen LogP contribution in [-0.2, 0) is 0 Å². The molecule has 1 amide bonds. The quantitative estimate of drug-likeness (QED) is 0.770. The normalized spacial score (nSPS) is 19.8. The molecule has 2 heterocycles. The summed E-state index contributed by atoms with van der Waals surface area (Å²) in [5.41, 5.74) is 3.22. The van der Waals surface area contributed by atoms with Gasteiger partial charge in [0.2, 0.25) is 0 Å². The molecule has 1 fully saturated rings. The number of benzene rings is 1. The Morgan fingerprint density at radius 2 is 2.19 bits per heavy atom. The van der Waals surface area contributed by atoms with Crippen LogP contribution in [0, 0.1) is 12.8 Å². The van der Waals surface area contributed by atoms with E-state index in [4.69, 9.17) is 0 Å². The van der Waals surface area contributed by atoms with Gasteiger partial charge < -0.3 is 5.32 Å². The molecule has 1 aliphatic carbocycles. The molecule has 6 nitrogen and oxygen atoms in total. The van der Waals surface area contributed by atoms with E-state index < -0.39 is 0 Å². The highest BCUT2D eigenvalue weighted by atomic mass is 16.1. The van der Waals surface area contributed by atoms with Crippen molar-refractivity contribution in [3.63, 3.8) is 0 Å². The standard InChI is InChI=1S/C20H21N5O/c1-13-4-3-5-15(8-13)18-10-17(18)14(2)24-20(26)16-6-7-22-19(9-16)25-12-21-11-23-25/h3-9,11-12,14,17-18H,10H2,1-2H3,(H,24,26)/t14-,17+,18-/m0/s1.